The molecule has 0 radical (unpaired) electrons. The first-order valence-electron chi connectivity index (χ1n) is 10.6. The van der Waals surface area contributed by atoms with E-state index >= 15 is 0 Å². The summed E-state index contributed by atoms with van der Waals surface area (Å²) in [6.07, 6.45) is 3.18. The first-order chi connectivity index (χ1) is 14.5. The van der Waals surface area contributed by atoms with E-state index in [1.807, 2.05) is 25.1 Å². The van der Waals surface area contributed by atoms with Gasteiger partial charge in [-0.1, -0.05) is 13.8 Å². The summed E-state index contributed by atoms with van der Waals surface area (Å²) in [5.41, 5.74) is 1.76. The number of hydrogen-bond acceptors (Lipinski definition) is 6. The van der Waals surface area contributed by atoms with Crippen LogP contribution < -0.4 is 4.90 Å². The van der Waals surface area contributed by atoms with Crippen molar-refractivity contribution in [2.75, 3.05) is 31.6 Å². The number of carbonyl (C=O) groups excluding carboxylic acids is 1. The number of piperidine rings is 1. The second kappa shape index (κ2) is 8.78. The fraction of sp³-hybridized carbons (Fsp3) is 0.565. The maximum atomic E-state index is 12.7. The Balaban J connectivity index is 1.73. The smallest absolute Gasteiger partial charge is 0.303 e. The van der Waals surface area contributed by atoms with Crippen molar-refractivity contribution in [3.8, 4) is 0 Å². The van der Waals surface area contributed by atoms with Crippen LogP contribution in [0.5, 0.6) is 0 Å². The third kappa shape index (κ3) is 5.70. The maximum absolute atomic E-state index is 12.7. The van der Waals surface area contributed by atoms with E-state index < -0.39 is 17.0 Å². The van der Waals surface area contributed by atoms with E-state index in [0.29, 0.717) is 13.0 Å². The lowest BCUT2D eigenvalue weighted by Gasteiger charge is -2.42. The molecule has 2 N–H and O–H groups in total. The predicted molar refractivity (Wildman–Crippen MR) is 119 cm³/mol. The van der Waals surface area contributed by atoms with Gasteiger partial charge in [-0.05, 0) is 43.4 Å². The van der Waals surface area contributed by atoms with Gasteiger partial charge >= 0.3 is 5.97 Å². The lowest BCUT2D eigenvalue weighted by molar-refractivity contribution is -0.141. The molecule has 1 atom stereocenters. The number of aliphatic hydroxyl groups is 1. The number of aromatic nitrogens is 2. The molecule has 0 bridgehead atoms. The molecule has 0 spiro atoms. The zero-order chi connectivity index (χ0) is 22.8. The number of amides is 1. The van der Waals surface area contributed by atoms with E-state index in [4.69, 9.17) is 5.11 Å². The molecule has 1 amide bonds. The topological polar surface area (TPSA) is 107 Å². The van der Waals surface area contributed by atoms with Crippen LogP contribution in [0.1, 0.15) is 45.2 Å². The summed E-state index contributed by atoms with van der Waals surface area (Å²) in [5, 5.41) is 20.4. The number of aliphatic carboxylic acids is 1. The minimum Gasteiger partial charge on any atom is -0.481 e. The predicted octanol–water partition coefficient (Wildman–Crippen LogP) is 2.62. The van der Waals surface area contributed by atoms with Gasteiger partial charge in [0.15, 0.2) is 0 Å². The number of carboxylic acid groups (broad SMARTS) is 1. The number of carboxylic acids is 1. The molecule has 2 aromatic rings. The van der Waals surface area contributed by atoms with Crippen LogP contribution in [0.3, 0.4) is 0 Å². The van der Waals surface area contributed by atoms with Crippen molar-refractivity contribution in [1.29, 1.82) is 0 Å². The number of nitrogens with zero attached hydrogens (tertiary/aromatic N) is 4. The van der Waals surface area contributed by atoms with Gasteiger partial charge in [0.1, 0.15) is 5.52 Å². The van der Waals surface area contributed by atoms with Gasteiger partial charge in [-0.15, -0.1) is 0 Å². The number of hydrogen-bond donors (Lipinski definition) is 2. The molecule has 1 fully saturated rings. The highest BCUT2D eigenvalue weighted by molar-refractivity contribution is 5.88. The van der Waals surface area contributed by atoms with Crippen molar-refractivity contribution in [1.82, 2.24) is 14.9 Å². The Morgan fingerprint density at radius 3 is 2.71 bits per heavy atom. The lowest BCUT2D eigenvalue weighted by Crippen LogP contribution is -2.55. The molecule has 31 heavy (non-hydrogen) atoms. The summed E-state index contributed by atoms with van der Waals surface area (Å²) in [7, 11) is 1.67. The van der Waals surface area contributed by atoms with Crippen molar-refractivity contribution in [3.63, 3.8) is 0 Å². The van der Waals surface area contributed by atoms with Crippen LogP contribution in [0.4, 0.5) is 5.69 Å². The molecule has 3 rings (SSSR count). The molecule has 0 aromatic carbocycles. The van der Waals surface area contributed by atoms with E-state index in [1.165, 1.54) is 4.90 Å². The van der Waals surface area contributed by atoms with Gasteiger partial charge in [-0.2, -0.15) is 0 Å². The van der Waals surface area contributed by atoms with Crippen molar-refractivity contribution >= 4 is 28.6 Å². The number of pyridine rings is 2. The fourth-order valence-electron chi connectivity index (χ4n) is 4.36. The quantitative estimate of drug-likeness (QED) is 0.698. The largest absolute Gasteiger partial charge is 0.481 e. The van der Waals surface area contributed by atoms with Crippen LogP contribution in [0, 0.1) is 12.3 Å². The third-order valence-electron chi connectivity index (χ3n) is 5.81. The number of anilines is 1. The summed E-state index contributed by atoms with van der Waals surface area (Å²) < 4.78 is 0. The Kier molecular flexibility index (Phi) is 6.50. The molecule has 0 saturated carbocycles. The van der Waals surface area contributed by atoms with Crippen molar-refractivity contribution < 1.29 is 19.8 Å². The standard InChI is InChI=1S/C23H32N4O4/c1-16-6-7-17-21(25-16)18(8-10-24-17)27-11-5-9-23(31,15-27)14-26(4)19(28)12-22(2,3)13-20(29)30/h6-8,10,31H,5,9,11-15H2,1-4H3,(H,29,30)/t23-/m1/s1. The van der Waals surface area contributed by atoms with E-state index in [-0.39, 0.29) is 25.3 Å². The normalized spacial score (nSPS) is 19.5. The van der Waals surface area contributed by atoms with Crippen LogP contribution in [-0.4, -0.2) is 69.2 Å². The summed E-state index contributed by atoms with van der Waals surface area (Å²) in [4.78, 5) is 36.4. The zero-order valence-electron chi connectivity index (χ0n) is 18.8. The Morgan fingerprint density at radius 1 is 1.26 bits per heavy atom. The average molecular weight is 429 g/mol. The molecule has 1 saturated heterocycles. The Morgan fingerprint density at radius 2 is 2.00 bits per heavy atom. The molecule has 3 heterocycles. The van der Waals surface area contributed by atoms with E-state index in [1.54, 1.807) is 27.1 Å². The van der Waals surface area contributed by atoms with Gasteiger partial charge in [0, 0.05) is 38.4 Å². The Labute approximate surface area is 182 Å². The molecule has 2 aromatic heterocycles. The second-order valence-electron chi connectivity index (χ2n) is 9.56. The van der Waals surface area contributed by atoms with Gasteiger partial charge in [-0.3, -0.25) is 14.6 Å². The summed E-state index contributed by atoms with van der Waals surface area (Å²) >= 11 is 0. The third-order valence-corrected chi connectivity index (χ3v) is 5.81. The highest BCUT2D eigenvalue weighted by atomic mass is 16.4. The van der Waals surface area contributed by atoms with Crippen LogP contribution in [0.25, 0.3) is 11.0 Å². The van der Waals surface area contributed by atoms with E-state index in [0.717, 1.165) is 35.4 Å². The summed E-state index contributed by atoms with van der Waals surface area (Å²) in [6, 6.07) is 5.80. The van der Waals surface area contributed by atoms with E-state index in [9.17, 15) is 14.7 Å². The van der Waals surface area contributed by atoms with Gasteiger partial charge in [0.2, 0.25) is 5.91 Å². The van der Waals surface area contributed by atoms with Crippen molar-refractivity contribution in [2.24, 2.45) is 5.41 Å². The fourth-order valence-corrected chi connectivity index (χ4v) is 4.36. The Bertz CT molecular complexity index is 977. The van der Waals surface area contributed by atoms with Crippen LogP contribution in [0.15, 0.2) is 24.4 Å². The monoisotopic (exact) mass is 428 g/mol. The number of aryl methyl sites for hydroxylation is 1. The summed E-state index contributed by atoms with van der Waals surface area (Å²) in [6.45, 7) is 6.86. The molecular weight excluding hydrogens is 396 g/mol. The van der Waals surface area contributed by atoms with Gasteiger partial charge in [0.25, 0.3) is 0 Å². The SMILES string of the molecule is Cc1ccc2nccc(N3CCC[C@@](O)(CN(C)C(=O)CC(C)(C)CC(=O)O)C3)c2n1. The number of rotatable bonds is 7. The Hall–Kier alpha value is -2.74. The van der Waals surface area contributed by atoms with Crippen molar-refractivity contribution in [3.05, 3.63) is 30.1 Å². The molecule has 1 aliphatic heterocycles. The number of carbonyl (C=O) groups is 2. The van der Waals surface area contributed by atoms with E-state index in [2.05, 4.69) is 14.9 Å². The minimum atomic E-state index is -1.06. The molecule has 8 nitrogen and oxygen atoms in total. The van der Waals surface area contributed by atoms with Gasteiger partial charge in [0.05, 0.1) is 29.8 Å². The lowest BCUT2D eigenvalue weighted by atomic mass is 9.85. The average Bonchev–Trinajstić information content (AvgIpc) is 2.65. The molecule has 8 heteroatoms. The van der Waals surface area contributed by atoms with Crippen molar-refractivity contribution in [2.45, 2.75) is 52.1 Å². The van der Waals surface area contributed by atoms with Gasteiger partial charge < -0.3 is 20.0 Å². The molecule has 168 valence electrons. The van der Waals surface area contributed by atoms with Crippen LogP contribution >= 0.6 is 0 Å². The highest BCUT2D eigenvalue weighted by Gasteiger charge is 2.37. The number of fused-ring (bicyclic) bond motifs is 1. The summed E-state index contributed by atoms with van der Waals surface area (Å²) in [5.74, 6) is -1.08. The van der Waals surface area contributed by atoms with Crippen LogP contribution in [0.2, 0.25) is 0 Å². The first kappa shape index (κ1) is 22.9. The number of β-amino-alcohol motifs (C(OH)–C–C–N with tert-alkyl or cyclic N) is 1. The minimum absolute atomic E-state index is 0.0772. The maximum Gasteiger partial charge on any atom is 0.303 e. The van der Waals surface area contributed by atoms with Gasteiger partial charge in [-0.25, -0.2) is 4.98 Å². The highest BCUT2D eigenvalue weighted by Crippen LogP contribution is 2.31. The van der Waals surface area contributed by atoms with Crippen LogP contribution in [-0.2, 0) is 9.59 Å². The first-order valence-corrected chi connectivity index (χ1v) is 10.6. The second-order valence-corrected chi connectivity index (χ2v) is 9.56. The molecule has 0 unspecified atom stereocenters. The number of likely N-dealkylation sites (N-methyl/N-ethyl adjacent to an activating group) is 1. The zero-order valence-corrected chi connectivity index (χ0v) is 18.8. The molecule has 0 aliphatic carbocycles. The molecule has 1 aliphatic rings. The molecular formula is C23H32N4O4.